The van der Waals surface area contributed by atoms with Crippen LogP contribution in [0.25, 0.3) is 0 Å². The first-order valence-corrected chi connectivity index (χ1v) is 4.29. The van der Waals surface area contributed by atoms with Crippen LogP contribution >= 0.6 is 0 Å². The predicted molar refractivity (Wildman–Crippen MR) is 49.8 cm³/mol. The lowest BCUT2D eigenvalue weighted by molar-refractivity contribution is 0.169. The minimum Gasteiger partial charge on any atom is -0.388 e. The van der Waals surface area contributed by atoms with Gasteiger partial charge in [-0.15, -0.1) is 0 Å². The van der Waals surface area contributed by atoms with Gasteiger partial charge in [0.05, 0.1) is 6.10 Å². The van der Waals surface area contributed by atoms with Crippen molar-refractivity contribution in [1.29, 1.82) is 0 Å². The van der Waals surface area contributed by atoms with Crippen LogP contribution in [0.2, 0.25) is 0 Å². The summed E-state index contributed by atoms with van der Waals surface area (Å²) in [6.07, 6.45) is -0.0717. The lowest BCUT2D eigenvalue weighted by Crippen LogP contribution is -2.07. The zero-order valence-electron chi connectivity index (χ0n) is 7.63. The number of halogens is 1. The molecule has 0 heterocycles. The number of aliphatic hydroxyl groups is 1. The molecule has 0 aliphatic carbocycles. The monoisotopic (exact) mass is 183 g/mol. The Labute approximate surface area is 77.2 Å². The summed E-state index contributed by atoms with van der Waals surface area (Å²) in [7, 11) is 0. The van der Waals surface area contributed by atoms with Gasteiger partial charge >= 0.3 is 0 Å². The number of hydrogen-bond donors (Lipinski definition) is 2. The highest BCUT2D eigenvalue weighted by atomic mass is 19.1. The van der Waals surface area contributed by atoms with Crippen LogP contribution < -0.4 is 5.73 Å². The van der Waals surface area contributed by atoms with Crippen molar-refractivity contribution in [1.82, 2.24) is 0 Å². The highest BCUT2D eigenvalue weighted by Gasteiger charge is 2.09. The van der Waals surface area contributed by atoms with Crippen molar-refractivity contribution in [2.75, 3.05) is 6.54 Å². The van der Waals surface area contributed by atoms with Gasteiger partial charge in [0.25, 0.3) is 0 Å². The van der Waals surface area contributed by atoms with Crippen molar-refractivity contribution in [2.45, 2.75) is 19.4 Å². The molecule has 1 atom stereocenters. The fraction of sp³-hybridized carbons (Fsp3) is 0.400. The third-order valence-electron chi connectivity index (χ3n) is 2.03. The van der Waals surface area contributed by atoms with E-state index in [9.17, 15) is 9.50 Å². The molecule has 0 saturated carbocycles. The van der Waals surface area contributed by atoms with Gasteiger partial charge in [0.2, 0.25) is 0 Å². The van der Waals surface area contributed by atoms with E-state index in [0.717, 1.165) is 11.1 Å². The maximum absolute atomic E-state index is 12.7. The third kappa shape index (κ3) is 2.50. The second kappa shape index (κ2) is 4.35. The van der Waals surface area contributed by atoms with Gasteiger partial charge in [-0.3, -0.25) is 0 Å². The molecule has 0 radical (unpaired) electrons. The summed E-state index contributed by atoms with van der Waals surface area (Å²) in [6, 6.07) is 4.36. The molecule has 0 saturated heterocycles. The van der Waals surface area contributed by atoms with Crippen molar-refractivity contribution in [3.63, 3.8) is 0 Å². The number of aryl methyl sites for hydroxylation is 1. The molecular formula is C10H14FNO. The Hall–Kier alpha value is -0.930. The van der Waals surface area contributed by atoms with Gasteiger partial charge < -0.3 is 10.8 Å². The van der Waals surface area contributed by atoms with E-state index in [1.54, 1.807) is 13.0 Å². The van der Waals surface area contributed by atoms with Gasteiger partial charge in [-0.25, -0.2) is 4.39 Å². The Morgan fingerprint density at radius 1 is 1.54 bits per heavy atom. The lowest BCUT2D eigenvalue weighted by Gasteiger charge is -2.12. The van der Waals surface area contributed by atoms with Crippen molar-refractivity contribution < 1.29 is 9.50 Å². The lowest BCUT2D eigenvalue weighted by atomic mass is 10.0. The summed E-state index contributed by atoms with van der Waals surface area (Å²) in [4.78, 5) is 0. The highest BCUT2D eigenvalue weighted by molar-refractivity contribution is 5.28. The first-order chi connectivity index (χ1) is 6.15. The number of hydrogen-bond acceptors (Lipinski definition) is 2. The predicted octanol–water partition coefficient (Wildman–Crippen LogP) is 1.52. The van der Waals surface area contributed by atoms with E-state index < -0.39 is 6.10 Å². The van der Waals surface area contributed by atoms with Crippen LogP contribution in [0.5, 0.6) is 0 Å². The molecule has 3 N–H and O–H groups in total. The van der Waals surface area contributed by atoms with Gasteiger partial charge in [-0.05, 0) is 43.1 Å². The largest absolute Gasteiger partial charge is 0.388 e. The summed E-state index contributed by atoms with van der Waals surface area (Å²) < 4.78 is 12.7. The molecule has 1 aromatic rings. The van der Waals surface area contributed by atoms with E-state index in [0.29, 0.717) is 13.0 Å². The average molecular weight is 183 g/mol. The Bertz CT molecular complexity index is 288. The maximum atomic E-state index is 12.7. The molecular weight excluding hydrogens is 169 g/mol. The first-order valence-electron chi connectivity index (χ1n) is 4.29. The SMILES string of the molecule is Cc1cc(F)ccc1C(O)CCN. The highest BCUT2D eigenvalue weighted by Crippen LogP contribution is 2.20. The van der Waals surface area contributed by atoms with Gasteiger partial charge in [-0.2, -0.15) is 0 Å². The minimum absolute atomic E-state index is 0.277. The van der Waals surface area contributed by atoms with E-state index in [-0.39, 0.29) is 5.82 Å². The van der Waals surface area contributed by atoms with Crippen molar-refractivity contribution in [3.8, 4) is 0 Å². The van der Waals surface area contributed by atoms with E-state index in [1.165, 1.54) is 12.1 Å². The number of benzene rings is 1. The van der Waals surface area contributed by atoms with E-state index in [1.807, 2.05) is 0 Å². The Kier molecular flexibility index (Phi) is 3.39. The van der Waals surface area contributed by atoms with Gasteiger partial charge in [0.1, 0.15) is 5.82 Å². The number of rotatable bonds is 3. The van der Waals surface area contributed by atoms with Crippen molar-refractivity contribution in [3.05, 3.63) is 35.1 Å². The Balaban J connectivity index is 2.88. The quantitative estimate of drug-likeness (QED) is 0.746. The molecule has 0 bridgehead atoms. The maximum Gasteiger partial charge on any atom is 0.123 e. The Morgan fingerprint density at radius 3 is 2.77 bits per heavy atom. The number of nitrogens with two attached hydrogens (primary N) is 1. The van der Waals surface area contributed by atoms with Gasteiger partial charge in [-0.1, -0.05) is 6.07 Å². The van der Waals surface area contributed by atoms with E-state index in [4.69, 9.17) is 5.73 Å². The first kappa shape index (κ1) is 10.2. The molecule has 0 spiro atoms. The molecule has 0 aromatic heterocycles. The molecule has 13 heavy (non-hydrogen) atoms. The molecule has 72 valence electrons. The third-order valence-corrected chi connectivity index (χ3v) is 2.03. The van der Waals surface area contributed by atoms with Gasteiger partial charge in [0.15, 0.2) is 0 Å². The van der Waals surface area contributed by atoms with Crippen LogP contribution in [0.1, 0.15) is 23.7 Å². The van der Waals surface area contributed by atoms with Crippen LogP contribution in [0.4, 0.5) is 4.39 Å². The normalized spacial score (nSPS) is 12.9. The van der Waals surface area contributed by atoms with Crippen LogP contribution in [-0.2, 0) is 0 Å². The smallest absolute Gasteiger partial charge is 0.123 e. The molecule has 3 heteroatoms. The zero-order chi connectivity index (χ0) is 9.84. The average Bonchev–Trinajstić information content (AvgIpc) is 2.04. The topological polar surface area (TPSA) is 46.2 Å². The Morgan fingerprint density at radius 2 is 2.23 bits per heavy atom. The van der Waals surface area contributed by atoms with E-state index >= 15 is 0 Å². The molecule has 2 nitrogen and oxygen atoms in total. The molecule has 1 aromatic carbocycles. The molecule has 0 amide bonds. The summed E-state index contributed by atoms with van der Waals surface area (Å²) in [5.41, 5.74) is 6.83. The van der Waals surface area contributed by atoms with Crippen LogP contribution in [0.15, 0.2) is 18.2 Å². The molecule has 0 aliphatic rings. The fourth-order valence-electron chi connectivity index (χ4n) is 1.33. The van der Waals surface area contributed by atoms with Crippen LogP contribution in [0.3, 0.4) is 0 Å². The van der Waals surface area contributed by atoms with E-state index in [2.05, 4.69) is 0 Å². The molecule has 0 aliphatic heterocycles. The fourth-order valence-corrected chi connectivity index (χ4v) is 1.33. The summed E-state index contributed by atoms with van der Waals surface area (Å²) in [5, 5.41) is 9.59. The van der Waals surface area contributed by atoms with Crippen LogP contribution in [-0.4, -0.2) is 11.7 Å². The second-order valence-corrected chi connectivity index (χ2v) is 3.09. The van der Waals surface area contributed by atoms with Gasteiger partial charge in [0, 0.05) is 0 Å². The summed E-state index contributed by atoms with van der Waals surface area (Å²) in [5.74, 6) is -0.277. The second-order valence-electron chi connectivity index (χ2n) is 3.09. The number of aliphatic hydroxyl groups excluding tert-OH is 1. The zero-order valence-corrected chi connectivity index (χ0v) is 7.63. The standard InChI is InChI=1S/C10H14FNO/c1-7-6-8(11)2-3-9(7)10(13)4-5-12/h2-3,6,10,13H,4-5,12H2,1H3. The summed E-state index contributed by atoms with van der Waals surface area (Å²) in [6.45, 7) is 2.20. The van der Waals surface area contributed by atoms with Crippen molar-refractivity contribution >= 4 is 0 Å². The van der Waals surface area contributed by atoms with Crippen LogP contribution in [0, 0.1) is 12.7 Å². The molecule has 0 fully saturated rings. The minimum atomic E-state index is -0.578. The summed E-state index contributed by atoms with van der Waals surface area (Å²) >= 11 is 0. The molecule has 1 rings (SSSR count). The molecule has 1 unspecified atom stereocenters. The van der Waals surface area contributed by atoms with Crippen molar-refractivity contribution in [2.24, 2.45) is 5.73 Å².